The van der Waals surface area contributed by atoms with Gasteiger partial charge in [0.1, 0.15) is 23.7 Å². The molecule has 1 unspecified atom stereocenters. The molecule has 2 aromatic carbocycles. The van der Waals surface area contributed by atoms with Crippen molar-refractivity contribution in [3.8, 4) is 23.1 Å². The van der Waals surface area contributed by atoms with Crippen LogP contribution in [0.15, 0.2) is 54.9 Å². The van der Waals surface area contributed by atoms with Gasteiger partial charge in [-0.2, -0.15) is 5.26 Å². The van der Waals surface area contributed by atoms with E-state index in [1.807, 2.05) is 43.3 Å². The second kappa shape index (κ2) is 10.3. The van der Waals surface area contributed by atoms with Crippen LogP contribution in [0.1, 0.15) is 59.6 Å². The number of aromatic amines is 1. The second-order valence-corrected chi connectivity index (χ2v) is 10.1. The number of allylic oxidation sites excluding steroid dienone is 1. The van der Waals surface area contributed by atoms with Crippen LogP contribution < -0.4 is 9.64 Å². The molecule has 1 aliphatic carbocycles. The fourth-order valence-electron chi connectivity index (χ4n) is 5.51. The third-order valence-electron chi connectivity index (χ3n) is 7.52. The molecule has 6 rings (SSSR count). The zero-order valence-electron chi connectivity index (χ0n) is 22.0. The molecule has 0 saturated carbocycles. The molecule has 1 saturated heterocycles. The van der Waals surface area contributed by atoms with E-state index in [0.717, 1.165) is 77.8 Å². The van der Waals surface area contributed by atoms with Gasteiger partial charge in [-0.05, 0) is 73.4 Å². The number of piperidine rings is 1. The maximum Gasteiger partial charge on any atom is 0.235 e. The van der Waals surface area contributed by atoms with Gasteiger partial charge in [-0.15, -0.1) is 0 Å². The van der Waals surface area contributed by atoms with Crippen molar-refractivity contribution in [3.05, 3.63) is 88.8 Å². The standard InChI is InChI=1S/C31H29FN6O/c1-19-29(23-7-9-26(10-8-23)39-20(2)32)37-30(36-19)24-11-13-38(14-12-24)31-27-15-25(16-28(27)34-18-35-31)22-5-3-21(17-33)4-6-22/h3-10,15,18,20,24H,11-14,16H2,1-2H3,(H,36,37). The Labute approximate surface area is 227 Å². The third kappa shape index (κ3) is 5.00. The van der Waals surface area contributed by atoms with E-state index >= 15 is 0 Å². The molecule has 4 aromatic rings. The number of alkyl halides is 1. The molecule has 8 heteroatoms. The molecule has 1 N–H and O–H groups in total. The van der Waals surface area contributed by atoms with Gasteiger partial charge in [0.2, 0.25) is 6.36 Å². The summed E-state index contributed by atoms with van der Waals surface area (Å²) in [5.74, 6) is 2.84. The average Bonchev–Trinajstić information content (AvgIpc) is 3.57. The lowest BCUT2D eigenvalue weighted by atomic mass is 9.96. The predicted octanol–water partition coefficient (Wildman–Crippen LogP) is 6.22. The number of nitrogens with zero attached hydrogens (tertiary/aromatic N) is 5. The molecule has 7 nitrogen and oxygen atoms in total. The topological polar surface area (TPSA) is 90.7 Å². The highest BCUT2D eigenvalue weighted by Gasteiger charge is 2.28. The van der Waals surface area contributed by atoms with E-state index < -0.39 is 6.36 Å². The molecule has 196 valence electrons. The highest BCUT2D eigenvalue weighted by Crippen LogP contribution is 2.37. The van der Waals surface area contributed by atoms with E-state index in [-0.39, 0.29) is 0 Å². The van der Waals surface area contributed by atoms with E-state index in [0.29, 0.717) is 17.2 Å². The van der Waals surface area contributed by atoms with E-state index in [1.54, 1.807) is 18.5 Å². The molecule has 1 atom stereocenters. The molecule has 2 aromatic heterocycles. The number of nitrogens with one attached hydrogen (secondary N) is 1. The molecule has 1 aliphatic heterocycles. The molecular formula is C31H29FN6O. The van der Waals surface area contributed by atoms with Crippen molar-refractivity contribution in [3.63, 3.8) is 0 Å². The lowest BCUT2D eigenvalue weighted by Crippen LogP contribution is -2.34. The zero-order chi connectivity index (χ0) is 26.9. The van der Waals surface area contributed by atoms with Gasteiger partial charge in [-0.1, -0.05) is 12.1 Å². The minimum Gasteiger partial charge on any atom is -0.461 e. The van der Waals surface area contributed by atoms with Gasteiger partial charge in [0.15, 0.2) is 0 Å². The SMILES string of the molecule is Cc1[nH]c(C2CCN(c3ncnc4c3C=C(c3ccc(C#N)cc3)C4)CC2)nc1-c1ccc(OC(C)F)cc1. The van der Waals surface area contributed by atoms with Crippen molar-refractivity contribution >= 4 is 17.5 Å². The fraction of sp³-hybridized carbons (Fsp3) is 0.290. The van der Waals surface area contributed by atoms with Gasteiger partial charge >= 0.3 is 0 Å². The Bertz CT molecular complexity index is 1560. The van der Waals surface area contributed by atoms with Crippen LogP contribution in [0.3, 0.4) is 0 Å². The lowest BCUT2D eigenvalue weighted by molar-refractivity contribution is 0.0861. The monoisotopic (exact) mass is 520 g/mol. The highest BCUT2D eigenvalue weighted by molar-refractivity contribution is 5.91. The summed E-state index contributed by atoms with van der Waals surface area (Å²) in [5, 5.41) is 9.10. The normalized spacial score (nSPS) is 15.9. The van der Waals surface area contributed by atoms with E-state index in [9.17, 15) is 4.39 Å². The van der Waals surface area contributed by atoms with Crippen molar-refractivity contribution in [1.29, 1.82) is 5.26 Å². The summed E-state index contributed by atoms with van der Waals surface area (Å²) in [6.45, 7) is 5.18. The van der Waals surface area contributed by atoms with E-state index in [4.69, 9.17) is 15.0 Å². The molecule has 0 amide bonds. The second-order valence-electron chi connectivity index (χ2n) is 10.1. The molecule has 2 aliphatic rings. The molecule has 39 heavy (non-hydrogen) atoms. The highest BCUT2D eigenvalue weighted by atomic mass is 19.1. The largest absolute Gasteiger partial charge is 0.461 e. The molecule has 0 spiro atoms. The number of halogens is 1. The first-order chi connectivity index (χ1) is 19.0. The van der Waals surface area contributed by atoms with Crippen LogP contribution in [-0.2, 0) is 6.42 Å². The third-order valence-corrected chi connectivity index (χ3v) is 7.52. The average molecular weight is 521 g/mol. The Morgan fingerprint density at radius 2 is 1.77 bits per heavy atom. The number of rotatable bonds is 6. The van der Waals surface area contributed by atoms with Crippen molar-refractivity contribution < 1.29 is 9.13 Å². The quantitative estimate of drug-likeness (QED) is 0.325. The van der Waals surface area contributed by atoms with Gasteiger partial charge < -0.3 is 14.6 Å². The first kappa shape index (κ1) is 24.8. The van der Waals surface area contributed by atoms with Crippen LogP contribution in [0.5, 0.6) is 5.75 Å². The van der Waals surface area contributed by atoms with Gasteiger partial charge in [0, 0.05) is 49.2 Å². The zero-order valence-corrected chi connectivity index (χ0v) is 22.0. The Hall–Kier alpha value is -4.51. The van der Waals surface area contributed by atoms with Crippen LogP contribution in [-0.4, -0.2) is 39.4 Å². The van der Waals surface area contributed by atoms with Crippen LogP contribution in [0.25, 0.3) is 22.9 Å². The van der Waals surface area contributed by atoms with Gasteiger partial charge in [-0.3, -0.25) is 0 Å². The summed E-state index contributed by atoms with van der Waals surface area (Å²) in [6, 6.07) is 17.3. The smallest absolute Gasteiger partial charge is 0.235 e. The van der Waals surface area contributed by atoms with Gasteiger partial charge in [-0.25, -0.2) is 19.3 Å². The number of nitriles is 1. The number of fused-ring (bicyclic) bond motifs is 1. The minimum atomic E-state index is -1.34. The molecule has 0 bridgehead atoms. The van der Waals surface area contributed by atoms with Crippen molar-refractivity contribution in [2.75, 3.05) is 18.0 Å². The molecule has 1 fully saturated rings. The summed E-state index contributed by atoms with van der Waals surface area (Å²) < 4.78 is 18.3. The maximum absolute atomic E-state index is 13.1. The number of ether oxygens (including phenoxy) is 1. The number of imidazole rings is 1. The van der Waals surface area contributed by atoms with Crippen LogP contribution >= 0.6 is 0 Å². The van der Waals surface area contributed by atoms with E-state index in [2.05, 4.69) is 32.0 Å². The Morgan fingerprint density at radius 3 is 2.46 bits per heavy atom. The number of anilines is 1. The molecular weight excluding hydrogens is 491 g/mol. The Balaban J connectivity index is 1.15. The van der Waals surface area contributed by atoms with E-state index in [1.165, 1.54) is 12.5 Å². The van der Waals surface area contributed by atoms with Crippen LogP contribution in [0.4, 0.5) is 10.2 Å². The maximum atomic E-state index is 13.1. The van der Waals surface area contributed by atoms with Gasteiger partial charge in [0.25, 0.3) is 0 Å². The van der Waals surface area contributed by atoms with Crippen molar-refractivity contribution in [2.45, 2.75) is 45.4 Å². The number of hydrogen-bond donors (Lipinski definition) is 1. The number of aromatic nitrogens is 4. The summed E-state index contributed by atoms with van der Waals surface area (Å²) in [5.41, 5.74) is 8.03. The lowest BCUT2D eigenvalue weighted by Gasteiger charge is -2.32. The number of aryl methyl sites for hydroxylation is 1. The molecule has 0 radical (unpaired) electrons. The fourth-order valence-corrected chi connectivity index (χ4v) is 5.51. The summed E-state index contributed by atoms with van der Waals surface area (Å²) in [4.78, 5) is 20.1. The van der Waals surface area contributed by atoms with Crippen LogP contribution in [0, 0.1) is 18.3 Å². The Kier molecular flexibility index (Phi) is 6.57. The number of H-pyrrole nitrogens is 1. The van der Waals surface area contributed by atoms with Crippen molar-refractivity contribution in [1.82, 2.24) is 19.9 Å². The molecule has 3 heterocycles. The van der Waals surface area contributed by atoms with Gasteiger partial charge in [0.05, 0.1) is 23.0 Å². The summed E-state index contributed by atoms with van der Waals surface area (Å²) >= 11 is 0. The summed E-state index contributed by atoms with van der Waals surface area (Å²) in [6.07, 6.45) is 5.23. The van der Waals surface area contributed by atoms with Crippen molar-refractivity contribution in [2.24, 2.45) is 0 Å². The predicted molar refractivity (Wildman–Crippen MR) is 149 cm³/mol. The Morgan fingerprint density at radius 1 is 1.05 bits per heavy atom. The number of hydrogen-bond acceptors (Lipinski definition) is 6. The first-order valence-electron chi connectivity index (χ1n) is 13.3. The van der Waals surface area contributed by atoms with Crippen LogP contribution in [0.2, 0.25) is 0 Å². The number of benzene rings is 2. The summed E-state index contributed by atoms with van der Waals surface area (Å²) in [7, 11) is 0. The first-order valence-corrected chi connectivity index (χ1v) is 13.3. The minimum absolute atomic E-state index is 0.336.